The lowest BCUT2D eigenvalue weighted by molar-refractivity contribution is -0.139. The quantitative estimate of drug-likeness (QED) is 0.155. The fraction of sp³-hybridized carbons (Fsp3) is 0.546. The van der Waals surface area contributed by atoms with Gasteiger partial charge in [0.15, 0.2) is 0 Å². The maximum atomic E-state index is 12.8. The third kappa shape index (κ3) is 34.2. The summed E-state index contributed by atoms with van der Waals surface area (Å²) < 4.78 is 126. The predicted molar refractivity (Wildman–Crippen MR) is 540 cm³/mol. The largest absolute Gasteiger partial charge is 0.416 e. The second-order valence-electron chi connectivity index (χ2n) is 50.0. The number of aryl methyl sites for hydroxylation is 1. The highest BCUT2D eigenvalue weighted by molar-refractivity contribution is 5.72. The van der Waals surface area contributed by atoms with Gasteiger partial charge in [0.2, 0.25) is 0 Å². The molecular weight excluding hydrogens is 1540 g/mol. The van der Waals surface area contributed by atoms with Crippen LogP contribution in [0.4, 0.5) is 26.3 Å². The monoisotopic (exact) mass is 1720 g/mol. The van der Waals surface area contributed by atoms with Gasteiger partial charge < -0.3 is 0 Å². The third-order valence-corrected chi connectivity index (χ3v) is 21.9. The van der Waals surface area contributed by atoms with Crippen LogP contribution in [0.5, 0.6) is 0 Å². The smallest absolute Gasteiger partial charge is 0.166 e. The first-order valence-electron chi connectivity index (χ1n) is 48.3. The molecule has 0 spiro atoms. The molecule has 125 heavy (non-hydrogen) atoms. The van der Waals surface area contributed by atoms with Gasteiger partial charge in [-0.15, -0.1) is 0 Å². The van der Waals surface area contributed by atoms with Gasteiger partial charge in [0.1, 0.15) is 0 Å². The Morgan fingerprint density at radius 1 is 0.224 bits per heavy atom. The third-order valence-electron chi connectivity index (χ3n) is 21.9. The standard InChI is InChI=1S/C22H38.C21H28.C20H26.C18H30.C15H24.C12H15F3.C11H13F3/c1-19(2,3)15-13-16(20(4,5)6)18(22(10,11)12)17(14-15)21(7,8)9;1-15-11-13-16(14-12-15)17-9-8-10-18(20(2,3)4)19(17)21(5,6)7;1-19(2,3)17-14-10-13-16(18(17)20(4,5)6)15-11-8-7-9-12-15;1-16(2,3)13-10-11-14(17(4,5)6)15(12-13)18(7,8)9;1-14(2,3)11-12-7-9-13(10-8-12)15(4,5)6;1-8-6-5-7-9(12(13,14)15)10(8)11(2,3)4;1-10(2,3)8-6-4-5-7-9(8)11(12,13)14/h13-14H,1-12H3;8-14H,1-7H3;7-14H,1-6H3;10-12H,1-9H3;7-10H,11H2,1-6H3;5-7H,1-4H3;4-7H,1-3H3/i;11D,12D,13D,14D;;;11D2;;. The number of hydrogen-bond acceptors (Lipinski definition) is 0. The molecule has 9 rings (SSSR count). The highest BCUT2D eigenvalue weighted by atomic mass is 19.4. The zero-order chi connectivity index (χ0) is 103. The van der Waals surface area contributed by atoms with Crippen molar-refractivity contribution in [3.8, 4) is 22.3 Å². The molecule has 0 unspecified atom stereocenters. The number of halogens is 6. The number of alkyl halides is 6. The molecule has 0 aliphatic carbocycles. The van der Waals surface area contributed by atoms with E-state index in [4.69, 9.17) is 8.22 Å². The van der Waals surface area contributed by atoms with E-state index in [1.54, 1.807) is 73.1 Å². The van der Waals surface area contributed by atoms with Crippen molar-refractivity contribution in [2.24, 2.45) is 5.41 Å². The molecule has 0 saturated carbocycles. The lowest BCUT2D eigenvalue weighted by Crippen LogP contribution is -2.29. The zero-order valence-electron chi connectivity index (χ0n) is 93.4. The van der Waals surface area contributed by atoms with Crippen LogP contribution in [0.3, 0.4) is 0 Å². The first-order valence-corrected chi connectivity index (χ1v) is 45.3. The fourth-order valence-electron chi connectivity index (χ4n) is 15.7. The van der Waals surface area contributed by atoms with E-state index in [-0.39, 0.29) is 89.1 Å². The van der Waals surface area contributed by atoms with Crippen molar-refractivity contribution in [1.29, 1.82) is 0 Å². The average molecular weight is 1720 g/mol. The molecule has 0 bridgehead atoms. The van der Waals surface area contributed by atoms with Crippen molar-refractivity contribution in [2.45, 2.75) is 420 Å². The molecule has 0 amide bonds. The minimum Gasteiger partial charge on any atom is -0.166 e. The summed E-state index contributed by atoms with van der Waals surface area (Å²) in [4.78, 5) is 0. The van der Waals surface area contributed by atoms with E-state index in [0.717, 1.165) is 28.8 Å². The Balaban J connectivity index is 0.000000397. The SMILES string of the molecule is CC(C)(C)c1cc(C(C)(C)C)c(C(C)(C)C)c(C(C)(C)C)c1.CC(C)(C)c1ccc(C(C)(C)C)c(C(C)(C)C)c1.CC(C)(C)c1cccc(-c2ccccc2)c1C(C)(C)C.CC(C)(C)c1ccccc1C(F)(F)F.Cc1cccc(C(F)(F)F)c1C(C)(C)C.[2H]C([2H])(c1ccc(C(C)(C)C)cc1)C(C)(C)C.[2H]c1c([2H])c(-c2cccc(C(C)(C)C)c2C(C)(C)C)c([2H])c([2H])c1C. The van der Waals surface area contributed by atoms with E-state index >= 15 is 0 Å². The zero-order valence-corrected chi connectivity index (χ0v) is 87.4. The maximum Gasteiger partial charge on any atom is 0.416 e. The topological polar surface area (TPSA) is 0 Å². The van der Waals surface area contributed by atoms with E-state index < -0.39 is 46.1 Å². The van der Waals surface area contributed by atoms with Crippen molar-refractivity contribution in [2.75, 3.05) is 0 Å². The summed E-state index contributed by atoms with van der Waals surface area (Å²) in [5.41, 5.74) is 22.3. The van der Waals surface area contributed by atoms with Crippen LogP contribution in [0.25, 0.3) is 22.3 Å². The second kappa shape index (κ2) is 40.7. The number of hydrogen-bond donors (Lipinski definition) is 0. The first kappa shape index (κ1) is 101. The molecule has 0 aliphatic rings. The molecule has 0 heterocycles. The summed E-state index contributed by atoms with van der Waals surface area (Å²) in [7, 11) is 0. The minimum absolute atomic E-state index is 0.0371. The van der Waals surface area contributed by atoms with Gasteiger partial charge in [0.05, 0.1) is 16.6 Å². The molecule has 692 valence electrons. The molecule has 0 N–H and O–H groups in total. The minimum atomic E-state index is -4.27. The van der Waals surface area contributed by atoms with Crippen LogP contribution in [0.2, 0.25) is 0 Å². The van der Waals surface area contributed by atoms with Crippen LogP contribution < -0.4 is 0 Å². The Morgan fingerprint density at radius 3 is 0.832 bits per heavy atom. The normalized spacial score (nSPS) is 14.0. The molecule has 0 saturated heterocycles. The average Bonchev–Trinajstić information content (AvgIpc) is 0.745. The van der Waals surface area contributed by atoms with Crippen LogP contribution in [-0.2, 0) is 94.5 Å². The van der Waals surface area contributed by atoms with E-state index in [9.17, 15) is 26.3 Å². The highest BCUT2D eigenvalue weighted by Gasteiger charge is 2.40. The van der Waals surface area contributed by atoms with E-state index in [2.05, 4.69) is 334 Å². The van der Waals surface area contributed by atoms with E-state index in [0.29, 0.717) is 27.8 Å². The second-order valence-corrected chi connectivity index (χ2v) is 50.0. The predicted octanol–water partition coefficient (Wildman–Crippen LogP) is 37.5. The summed E-state index contributed by atoms with van der Waals surface area (Å²) in [5, 5.41) is 0. The summed E-state index contributed by atoms with van der Waals surface area (Å²) in [6.07, 6.45) is -9.83. The van der Waals surface area contributed by atoms with Crippen molar-refractivity contribution < 1.29 is 34.6 Å². The summed E-state index contributed by atoms with van der Waals surface area (Å²) in [6.45, 7) is 102. The van der Waals surface area contributed by atoms with Gasteiger partial charge in [-0.1, -0.05) is 493 Å². The van der Waals surface area contributed by atoms with Gasteiger partial charge in [-0.25, -0.2) is 0 Å². The lowest BCUT2D eigenvalue weighted by Gasteiger charge is -2.38. The van der Waals surface area contributed by atoms with Crippen molar-refractivity contribution in [3.63, 3.8) is 0 Å². The van der Waals surface area contributed by atoms with E-state index in [1.165, 1.54) is 85.0 Å². The molecule has 9 aromatic carbocycles. The summed E-state index contributed by atoms with van der Waals surface area (Å²) >= 11 is 0. The number of rotatable bonds is 3. The molecular formula is C119H174F6. The van der Waals surface area contributed by atoms with Crippen molar-refractivity contribution in [3.05, 3.63) is 294 Å². The van der Waals surface area contributed by atoms with Crippen LogP contribution in [0.1, 0.15) is 425 Å². The van der Waals surface area contributed by atoms with Gasteiger partial charge in [-0.05, 0) is 225 Å². The van der Waals surface area contributed by atoms with Crippen LogP contribution in [-0.4, -0.2) is 0 Å². The molecule has 9 aromatic rings. The molecule has 0 nitrogen and oxygen atoms in total. The van der Waals surface area contributed by atoms with Gasteiger partial charge in [0, 0.05) is 2.74 Å². The molecule has 0 aromatic heterocycles. The van der Waals surface area contributed by atoms with Gasteiger partial charge in [0.25, 0.3) is 0 Å². The van der Waals surface area contributed by atoms with Gasteiger partial charge in [-0.3, -0.25) is 0 Å². The van der Waals surface area contributed by atoms with Crippen molar-refractivity contribution >= 4 is 0 Å². The molecule has 0 aliphatic heterocycles. The van der Waals surface area contributed by atoms with E-state index in [1.807, 2.05) is 57.2 Å². The van der Waals surface area contributed by atoms with Gasteiger partial charge in [-0.2, -0.15) is 26.3 Å². The Labute approximate surface area is 771 Å². The van der Waals surface area contributed by atoms with Gasteiger partial charge >= 0.3 is 12.4 Å². The fourth-order valence-corrected chi connectivity index (χ4v) is 15.7. The number of benzene rings is 9. The Morgan fingerprint density at radius 2 is 0.520 bits per heavy atom. The summed E-state index contributed by atoms with van der Waals surface area (Å²) in [5.74, 6) is 0. The Bertz CT molecular complexity index is 5150. The highest BCUT2D eigenvalue weighted by Crippen LogP contribution is 2.48. The van der Waals surface area contributed by atoms with Crippen LogP contribution >= 0.6 is 0 Å². The Hall–Kier alpha value is -7.44. The first-order chi connectivity index (χ1) is 58.1. The lowest BCUT2D eigenvalue weighted by atomic mass is 9.66. The molecule has 0 radical (unpaired) electrons. The molecule has 6 heteroatoms. The molecule has 0 fully saturated rings. The molecule has 0 atom stereocenters. The maximum absolute atomic E-state index is 12.8. The van der Waals surface area contributed by atoms with Crippen molar-refractivity contribution in [1.82, 2.24) is 0 Å². The summed E-state index contributed by atoms with van der Waals surface area (Å²) in [6, 6.07) is 53.5. The van der Waals surface area contributed by atoms with Crippen LogP contribution in [0.15, 0.2) is 188 Å². The Kier molecular flexibility index (Phi) is 33.0. The van der Waals surface area contributed by atoms with Crippen LogP contribution in [0, 0.1) is 19.3 Å².